The number of rotatable bonds is 8. The zero-order chi connectivity index (χ0) is 22.6. The van der Waals surface area contributed by atoms with Crippen molar-refractivity contribution in [1.29, 1.82) is 0 Å². The van der Waals surface area contributed by atoms with Gasteiger partial charge in [0.2, 0.25) is 5.91 Å². The van der Waals surface area contributed by atoms with E-state index in [0.29, 0.717) is 25.4 Å². The molecule has 1 atom stereocenters. The van der Waals surface area contributed by atoms with Crippen molar-refractivity contribution in [2.45, 2.75) is 52.1 Å². The highest BCUT2D eigenvalue weighted by atomic mass is 16.5. The molecule has 3 aromatic rings. The molecule has 32 heavy (non-hydrogen) atoms. The van der Waals surface area contributed by atoms with E-state index in [4.69, 9.17) is 4.52 Å². The van der Waals surface area contributed by atoms with Gasteiger partial charge in [-0.1, -0.05) is 48.8 Å². The molecule has 1 saturated heterocycles. The summed E-state index contributed by atoms with van der Waals surface area (Å²) in [4.78, 5) is 20.0. The lowest BCUT2D eigenvalue weighted by Gasteiger charge is -2.37. The van der Waals surface area contributed by atoms with Gasteiger partial charge in [0.15, 0.2) is 0 Å². The van der Waals surface area contributed by atoms with E-state index < -0.39 is 5.54 Å². The van der Waals surface area contributed by atoms with Crippen LogP contribution in [0.15, 0.2) is 59.4 Å². The maximum absolute atomic E-state index is 13.6. The summed E-state index contributed by atoms with van der Waals surface area (Å²) in [5.74, 6) is 1.21. The third kappa shape index (κ3) is 4.91. The van der Waals surface area contributed by atoms with Crippen LogP contribution in [0.4, 0.5) is 0 Å². The first kappa shape index (κ1) is 22.2. The smallest absolute Gasteiger partial charge is 0.241 e. The lowest BCUT2D eigenvalue weighted by atomic mass is 9.88. The van der Waals surface area contributed by atoms with Crippen LogP contribution in [0, 0.1) is 12.8 Å². The standard InChI is InChI=1S/C26H32N4O2/c1-19(2)17-28-25(31)26(11-4-14-30(26)18-21-9-12-27-13-10-21)16-23-15-24(29-32-23)22-7-5-20(3)6-8-22/h5-10,12-13,15,19H,4,11,14,16-18H2,1-3H3,(H,28,31)/t26-/m0/s1. The molecule has 6 heteroatoms. The molecule has 2 aromatic heterocycles. The number of carbonyl (C=O) groups excluding carboxylic acids is 1. The Morgan fingerprint density at radius 1 is 1.19 bits per heavy atom. The summed E-state index contributed by atoms with van der Waals surface area (Å²) >= 11 is 0. The third-order valence-electron chi connectivity index (χ3n) is 6.21. The van der Waals surface area contributed by atoms with Crippen LogP contribution in [-0.4, -0.2) is 39.6 Å². The van der Waals surface area contributed by atoms with E-state index in [0.717, 1.165) is 42.0 Å². The first-order valence-corrected chi connectivity index (χ1v) is 11.4. The summed E-state index contributed by atoms with van der Waals surface area (Å²) < 4.78 is 5.74. The van der Waals surface area contributed by atoms with Crippen molar-refractivity contribution in [3.63, 3.8) is 0 Å². The molecule has 0 spiro atoms. The Morgan fingerprint density at radius 3 is 2.66 bits per heavy atom. The lowest BCUT2D eigenvalue weighted by molar-refractivity contribution is -0.132. The fourth-order valence-electron chi connectivity index (χ4n) is 4.42. The molecule has 0 aliphatic carbocycles. The largest absolute Gasteiger partial charge is 0.361 e. The molecule has 0 unspecified atom stereocenters. The normalized spacial score (nSPS) is 18.9. The topological polar surface area (TPSA) is 71.3 Å². The number of hydrogen-bond donors (Lipinski definition) is 1. The highest BCUT2D eigenvalue weighted by Gasteiger charge is 2.48. The fourth-order valence-corrected chi connectivity index (χ4v) is 4.42. The molecule has 168 valence electrons. The highest BCUT2D eigenvalue weighted by Crippen LogP contribution is 2.35. The van der Waals surface area contributed by atoms with Crippen molar-refractivity contribution in [2.24, 2.45) is 5.92 Å². The summed E-state index contributed by atoms with van der Waals surface area (Å²) in [5, 5.41) is 7.49. The Labute approximate surface area is 190 Å². The molecular formula is C26H32N4O2. The van der Waals surface area contributed by atoms with E-state index in [1.807, 2.05) is 30.3 Å². The summed E-state index contributed by atoms with van der Waals surface area (Å²) in [6.45, 7) is 8.53. The van der Waals surface area contributed by atoms with E-state index in [-0.39, 0.29) is 5.91 Å². The minimum Gasteiger partial charge on any atom is -0.361 e. The van der Waals surface area contributed by atoms with Crippen LogP contribution in [0.2, 0.25) is 0 Å². The van der Waals surface area contributed by atoms with Gasteiger partial charge in [-0.15, -0.1) is 0 Å². The molecule has 3 heterocycles. The maximum Gasteiger partial charge on any atom is 0.241 e. The summed E-state index contributed by atoms with van der Waals surface area (Å²) in [7, 11) is 0. The van der Waals surface area contributed by atoms with E-state index in [1.165, 1.54) is 5.56 Å². The van der Waals surface area contributed by atoms with Crippen molar-refractivity contribution in [3.05, 3.63) is 71.7 Å². The van der Waals surface area contributed by atoms with E-state index in [1.54, 1.807) is 12.4 Å². The van der Waals surface area contributed by atoms with Crippen molar-refractivity contribution in [3.8, 4) is 11.3 Å². The van der Waals surface area contributed by atoms with Crippen LogP contribution >= 0.6 is 0 Å². The number of amides is 1. The molecule has 1 aliphatic heterocycles. The van der Waals surface area contributed by atoms with Gasteiger partial charge in [0.05, 0.1) is 0 Å². The minimum absolute atomic E-state index is 0.0750. The Morgan fingerprint density at radius 2 is 1.94 bits per heavy atom. The lowest BCUT2D eigenvalue weighted by Crippen LogP contribution is -2.57. The van der Waals surface area contributed by atoms with Gasteiger partial charge in [0.1, 0.15) is 17.0 Å². The highest BCUT2D eigenvalue weighted by molar-refractivity contribution is 5.87. The molecule has 1 amide bonds. The van der Waals surface area contributed by atoms with Gasteiger partial charge in [-0.25, -0.2) is 0 Å². The Kier molecular flexibility index (Phi) is 6.70. The van der Waals surface area contributed by atoms with Crippen molar-refractivity contribution in [2.75, 3.05) is 13.1 Å². The predicted molar refractivity (Wildman–Crippen MR) is 125 cm³/mol. The van der Waals surface area contributed by atoms with Crippen molar-refractivity contribution >= 4 is 5.91 Å². The predicted octanol–water partition coefficient (Wildman–Crippen LogP) is 4.39. The number of nitrogens with zero attached hydrogens (tertiary/aromatic N) is 3. The molecule has 4 rings (SSSR count). The average Bonchev–Trinajstić information content (AvgIpc) is 3.41. The van der Waals surface area contributed by atoms with Gasteiger partial charge in [0.25, 0.3) is 0 Å². The molecular weight excluding hydrogens is 400 g/mol. The Hall–Kier alpha value is -2.99. The zero-order valence-corrected chi connectivity index (χ0v) is 19.2. The van der Waals surface area contributed by atoms with Crippen LogP contribution in [0.5, 0.6) is 0 Å². The number of nitrogens with one attached hydrogen (secondary N) is 1. The zero-order valence-electron chi connectivity index (χ0n) is 19.2. The summed E-state index contributed by atoms with van der Waals surface area (Å²) in [5.41, 5.74) is 3.53. The van der Waals surface area contributed by atoms with E-state index >= 15 is 0 Å². The first-order chi connectivity index (χ1) is 15.5. The number of hydrogen-bond acceptors (Lipinski definition) is 5. The second-order valence-electron chi connectivity index (χ2n) is 9.24. The molecule has 1 N–H and O–H groups in total. The molecule has 0 saturated carbocycles. The summed E-state index contributed by atoms with van der Waals surface area (Å²) in [6.07, 6.45) is 5.87. The molecule has 0 radical (unpaired) electrons. The van der Waals surface area contributed by atoms with Gasteiger partial charge in [-0.3, -0.25) is 14.7 Å². The van der Waals surface area contributed by atoms with Crippen LogP contribution < -0.4 is 5.32 Å². The molecule has 6 nitrogen and oxygen atoms in total. The fraction of sp³-hybridized carbons (Fsp3) is 0.423. The molecule has 0 bridgehead atoms. The molecule has 1 aromatic carbocycles. The van der Waals surface area contributed by atoms with E-state index in [9.17, 15) is 4.79 Å². The Bertz CT molecular complexity index is 1030. The number of carbonyl (C=O) groups is 1. The number of likely N-dealkylation sites (tertiary alicyclic amines) is 1. The monoisotopic (exact) mass is 432 g/mol. The third-order valence-corrected chi connectivity index (χ3v) is 6.21. The Balaban J connectivity index is 1.61. The number of benzene rings is 1. The number of aryl methyl sites for hydroxylation is 1. The van der Waals surface area contributed by atoms with Gasteiger partial charge in [0, 0.05) is 43.5 Å². The number of pyridine rings is 1. The van der Waals surface area contributed by atoms with Gasteiger partial charge in [-0.2, -0.15) is 0 Å². The molecule has 1 aliphatic rings. The van der Waals surface area contributed by atoms with Crippen LogP contribution in [0.3, 0.4) is 0 Å². The average molecular weight is 433 g/mol. The molecule has 1 fully saturated rings. The van der Waals surface area contributed by atoms with E-state index in [2.05, 4.69) is 53.3 Å². The maximum atomic E-state index is 13.6. The quantitative estimate of drug-likeness (QED) is 0.571. The summed E-state index contributed by atoms with van der Waals surface area (Å²) in [6, 6.07) is 14.2. The van der Waals surface area contributed by atoms with Crippen molar-refractivity contribution < 1.29 is 9.32 Å². The van der Waals surface area contributed by atoms with Gasteiger partial charge in [-0.05, 0) is 49.9 Å². The van der Waals surface area contributed by atoms with Crippen LogP contribution in [0.25, 0.3) is 11.3 Å². The second-order valence-corrected chi connectivity index (χ2v) is 9.24. The second kappa shape index (κ2) is 9.65. The first-order valence-electron chi connectivity index (χ1n) is 11.4. The minimum atomic E-state index is -0.651. The van der Waals surface area contributed by atoms with Crippen LogP contribution in [0.1, 0.15) is 43.6 Å². The van der Waals surface area contributed by atoms with Crippen molar-refractivity contribution in [1.82, 2.24) is 20.4 Å². The van der Waals surface area contributed by atoms with Crippen LogP contribution in [-0.2, 0) is 17.8 Å². The van der Waals surface area contributed by atoms with Gasteiger partial charge < -0.3 is 9.84 Å². The number of aromatic nitrogens is 2. The van der Waals surface area contributed by atoms with Gasteiger partial charge >= 0.3 is 0 Å². The SMILES string of the molecule is Cc1ccc(-c2cc(C[C@]3(C(=O)NCC(C)C)CCCN3Cc3ccncc3)on2)cc1.